The molecule has 2 N–H and O–H groups in total. The quantitative estimate of drug-likeness (QED) is 0.370. The molecule has 0 radical (unpaired) electrons. The van der Waals surface area contributed by atoms with Crippen LogP contribution in [-0.2, 0) is 9.53 Å². The normalized spacial score (nSPS) is 17.3. The van der Waals surface area contributed by atoms with Crippen molar-refractivity contribution in [2.24, 2.45) is 5.92 Å². The molecule has 0 unspecified atom stereocenters. The molecule has 3 aromatic rings. The second-order valence-electron chi connectivity index (χ2n) is 10.4. The lowest BCUT2D eigenvalue weighted by atomic mass is 9.95. The van der Waals surface area contributed by atoms with Gasteiger partial charge in [-0.05, 0) is 37.1 Å². The van der Waals surface area contributed by atoms with E-state index < -0.39 is 5.91 Å². The van der Waals surface area contributed by atoms with Crippen LogP contribution in [0.1, 0.15) is 23.2 Å². The van der Waals surface area contributed by atoms with Gasteiger partial charge in [-0.1, -0.05) is 11.6 Å². The maximum atomic E-state index is 13.8. The van der Waals surface area contributed by atoms with Gasteiger partial charge in [-0.2, -0.15) is 0 Å². The van der Waals surface area contributed by atoms with E-state index in [0.29, 0.717) is 85.3 Å². The molecule has 3 aliphatic rings. The average Bonchev–Trinajstić information content (AvgIpc) is 2.98. The Labute approximate surface area is 236 Å². The predicted octanol–water partition coefficient (Wildman–Crippen LogP) is 2.77. The van der Waals surface area contributed by atoms with Gasteiger partial charge in [-0.25, -0.2) is 0 Å². The van der Waals surface area contributed by atoms with Gasteiger partial charge in [0.15, 0.2) is 11.5 Å². The maximum Gasteiger partial charge on any atom is 0.256 e. The summed E-state index contributed by atoms with van der Waals surface area (Å²) in [6.07, 6.45) is 3.01. The zero-order chi connectivity index (χ0) is 27.8. The number of carbonyl (C=O) groups excluding carboxylic acids is 2. The predicted molar refractivity (Wildman–Crippen MR) is 153 cm³/mol. The number of nitrogens with one attached hydrogen (secondary N) is 2. The molecule has 1 aromatic heterocycles. The van der Waals surface area contributed by atoms with Crippen LogP contribution in [0.2, 0.25) is 5.02 Å². The summed E-state index contributed by atoms with van der Waals surface area (Å²) < 4.78 is 13.5. The number of anilines is 1. The Morgan fingerprint density at radius 3 is 2.58 bits per heavy atom. The molecule has 3 aliphatic heterocycles. The van der Waals surface area contributed by atoms with Crippen LogP contribution in [0.4, 0.5) is 5.69 Å². The number of aromatic nitrogens is 1. The van der Waals surface area contributed by atoms with E-state index in [2.05, 4.69) is 20.4 Å². The number of rotatable bonds is 6. The van der Waals surface area contributed by atoms with Crippen LogP contribution in [0.3, 0.4) is 0 Å². The van der Waals surface area contributed by atoms with E-state index in [1.54, 1.807) is 31.4 Å². The fraction of sp³-hybridized carbons (Fsp3) is 0.414. The molecule has 10 nitrogen and oxygen atoms in total. The minimum Gasteiger partial charge on any atom is -0.453 e. The average molecular weight is 566 g/mol. The van der Waals surface area contributed by atoms with Gasteiger partial charge in [0, 0.05) is 75.2 Å². The first kappa shape index (κ1) is 26.6. The van der Waals surface area contributed by atoms with Gasteiger partial charge >= 0.3 is 0 Å². The van der Waals surface area contributed by atoms with Crippen LogP contribution >= 0.6 is 11.6 Å². The number of halogens is 1. The highest BCUT2D eigenvalue weighted by molar-refractivity contribution is 6.30. The second kappa shape index (κ2) is 11.1. The SMILES string of the molecule is CNC(=O)C1CCN(c2cc3c4c(c2)c(=O)c(C(=O)NCCN2CCOCC2)cn4-c2cc(Cl)ccc2O3)CC1. The first-order valence-electron chi connectivity index (χ1n) is 13.7. The standard InChI is InChI=1S/C29H32ClN5O5/c1-31-28(37)18-4-7-34(8-5-18)20-15-21-26-25(16-20)40-24-3-2-19(30)14-23(24)35(26)17-22(27(21)36)29(38)32-6-9-33-10-12-39-13-11-33/h2-3,14-18H,4-13H2,1H3,(H,31,37)(H,32,38). The molecule has 0 saturated carbocycles. The van der Waals surface area contributed by atoms with Gasteiger partial charge in [0.25, 0.3) is 5.91 Å². The Hall–Kier alpha value is -3.60. The van der Waals surface area contributed by atoms with Crippen molar-refractivity contribution in [1.82, 2.24) is 20.1 Å². The lowest BCUT2D eigenvalue weighted by molar-refractivity contribution is -0.125. The number of piperidine rings is 1. The maximum absolute atomic E-state index is 13.8. The highest BCUT2D eigenvalue weighted by atomic mass is 35.5. The van der Waals surface area contributed by atoms with E-state index in [-0.39, 0.29) is 22.8 Å². The molecule has 0 aliphatic carbocycles. The third kappa shape index (κ3) is 5.02. The Bertz CT molecular complexity index is 1530. The van der Waals surface area contributed by atoms with Crippen LogP contribution < -0.4 is 25.7 Å². The second-order valence-corrected chi connectivity index (χ2v) is 10.8. The Morgan fingerprint density at radius 1 is 1.05 bits per heavy atom. The van der Waals surface area contributed by atoms with Gasteiger partial charge in [0.1, 0.15) is 11.1 Å². The minimum absolute atomic E-state index is 0.0297. The molecule has 4 heterocycles. The minimum atomic E-state index is -0.419. The van der Waals surface area contributed by atoms with Crippen molar-refractivity contribution < 1.29 is 19.1 Å². The van der Waals surface area contributed by atoms with Crippen molar-refractivity contribution in [1.29, 1.82) is 0 Å². The number of morpholine rings is 1. The van der Waals surface area contributed by atoms with Crippen molar-refractivity contribution in [3.8, 4) is 17.2 Å². The third-order valence-electron chi connectivity index (χ3n) is 7.99. The van der Waals surface area contributed by atoms with E-state index in [1.165, 1.54) is 0 Å². The number of benzene rings is 2. The Balaban J connectivity index is 1.36. The number of pyridine rings is 1. The number of carbonyl (C=O) groups is 2. The number of ether oxygens (including phenoxy) is 2. The molecule has 0 spiro atoms. The number of hydrogen-bond acceptors (Lipinski definition) is 7. The monoisotopic (exact) mass is 565 g/mol. The zero-order valence-electron chi connectivity index (χ0n) is 22.4. The molecule has 40 heavy (non-hydrogen) atoms. The topological polar surface area (TPSA) is 105 Å². The number of fused-ring (bicyclic) bond motifs is 2. The highest BCUT2D eigenvalue weighted by Crippen LogP contribution is 2.43. The van der Waals surface area contributed by atoms with Gasteiger partial charge in [0.05, 0.1) is 24.3 Å². The molecule has 2 saturated heterocycles. The number of hydrogen-bond donors (Lipinski definition) is 2. The molecule has 0 atom stereocenters. The van der Waals surface area contributed by atoms with Crippen LogP contribution in [0.5, 0.6) is 11.5 Å². The van der Waals surface area contributed by atoms with Gasteiger partial charge in [0.2, 0.25) is 11.3 Å². The van der Waals surface area contributed by atoms with Crippen LogP contribution in [0, 0.1) is 5.92 Å². The van der Waals surface area contributed by atoms with Crippen LogP contribution in [-0.4, -0.2) is 80.8 Å². The van der Waals surface area contributed by atoms with E-state index in [0.717, 1.165) is 18.8 Å². The van der Waals surface area contributed by atoms with Crippen molar-refractivity contribution in [2.75, 3.05) is 64.4 Å². The van der Waals surface area contributed by atoms with Crippen molar-refractivity contribution in [2.45, 2.75) is 12.8 Å². The van der Waals surface area contributed by atoms with Crippen molar-refractivity contribution in [3.05, 3.63) is 57.3 Å². The van der Waals surface area contributed by atoms with E-state index in [4.69, 9.17) is 21.1 Å². The molecule has 210 valence electrons. The Kier molecular flexibility index (Phi) is 7.39. The fourth-order valence-electron chi connectivity index (χ4n) is 5.76. The van der Waals surface area contributed by atoms with Gasteiger partial charge in [-0.3, -0.25) is 19.3 Å². The molecular formula is C29H32ClN5O5. The van der Waals surface area contributed by atoms with Gasteiger partial charge < -0.3 is 29.6 Å². The zero-order valence-corrected chi connectivity index (χ0v) is 23.1. The summed E-state index contributed by atoms with van der Waals surface area (Å²) in [7, 11) is 1.66. The largest absolute Gasteiger partial charge is 0.453 e. The molecule has 2 aromatic carbocycles. The first-order valence-corrected chi connectivity index (χ1v) is 14.1. The van der Waals surface area contributed by atoms with Gasteiger partial charge in [-0.15, -0.1) is 0 Å². The van der Waals surface area contributed by atoms with Crippen LogP contribution in [0.15, 0.2) is 41.3 Å². The van der Waals surface area contributed by atoms with Crippen LogP contribution in [0.25, 0.3) is 16.6 Å². The van der Waals surface area contributed by atoms with Crippen molar-refractivity contribution in [3.63, 3.8) is 0 Å². The summed E-state index contributed by atoms with van der Waals surface area (Å²) >= 11 is 6.33. The molecule has 11 heteroatoms. The molecular weight excluding hydrogens is 534 g/mol. The van der Waals surface area contributed by atoms with E-state index in [9.17, 15) is 14.4 Å². The fourth-order valence-corrected chi connectivity index (χ4v) is 5.93. The third-order valence-corrected chi connectivity index (χ3v) is 8.22. The summed E-state index contributed by atoms with van der Waals surface area (Å²) in [5.41, 5.74) is 1.78. The molecule has 0 bridgehead atoms. The lowest BCUT2D eigenvalue weighted by Crippen LogP contribution is -2.42. The lowest BCUT2D eigenvalue weighted by Gasteiger charge is -2.34. The first-order chi connectivity index (χ1) is 19.4. The summed E-state index contributed by atoms with van der Waals surface area (Å²) in [6.45, 7) is 5.46. The summed E-state index contributed by atoms with van der Waals surface area (Å²) in [4.78, 5) is 43.7. The summed E-state index contributed by atoms with van der Waals surface area (Å²) in [5.74, 6) is 0.720. The summed E-state index contributed by atoms with van der Waals surface area (Å²) in [6, 6.07) is 9.06. The number of amides is 2. The molecule has 2 amide bonds. The van der Waals surface area contributed by atoms with Crippen molar-refractivity contribution >= 4 is 40.0 Å². The summed E-state index contributed by atoms with van der Waals surface area (Å²) in [5, 5.41) is 6.58. The highest BCUT2D eigenvalue weighted by Gasteiger charge is 2.28. The molecule has 2 fully saturated rings. The Morgan fingerprint density at radius 2 is 1.82 bits per heavy atom. The van der Waals surface area contributed by atoms with E-state index in [1.807, 2.05) is 16.7 Å². The number of nitrogens with zero attached hydrogens (tertiary/aromatic N) is 3. The smallest absolute Gasteiger partial charge is 0.256 e. The van der Waals surface area contributed by atoms with E-state index >= 15 is 0 Å². The molecule has 6 rings (SSSR count).